The number of imidazole rings is 1. The Morgan fingerprint density at radius 3 is 2.36 bits per heavy atom. The summed E-state index contributed by atoms with van der Waals surface area (Å²) < 4.78 is 19.5. The van der Waals surface area contributed by atoms with Gasteiger partial charge in [-0.15, -0.1) is 0 Å². The topological polar surface area (TPSA) is 94.8 Å². The molecule has 1 amide bonds. The van der Waals surface area contributed by atoms with Crippen molar-refractivity contribution < 1.29 is 24.1 Å². The molecule has 1 aromatic heterocycles. The first-order valence-corrected chi connectivity index (χ1v) is 12.6. The fourth-order valence-corrected chi connectivity index (χ4v) is 4.23. The van der Waals surface area contributed by atoms with Crippen LogP contribution in [-0.2, 0) is 13.2 Å². The molecule has 0 aliphatic rings. The molecular formula is C31H29N3O5. The summed E-state index contributed by atoms with van der Waals surface area (Å²) in [6.07, 6.45) is 0. The first kappa shape index (κ1) is 25.8. The number of nitrogens with zero attached hydrogens (tertiary/aromatic N) is 2. The number of aliphatic hydroxyl groups excluding tert-OH is 1. The monoisotopic (exact) mass is 523 g/mol. The number of fused-ring (bicyclic) bond motifs is 1. The molecule has 8 nitrogen and oxygen atoms in total. The van der Waals surface area contributed by atoms with Gasteiger partial charge in [0.1, 0.15) is 23.9 Å². The van der Waals surface area contributed by atoms with Crippen molar-refractivity contribution in [1.29, 1.82) is 0 Å². The third-order valence-electron chi connectivity index (χ3n) is 6.16. The SMILES string of the molecule is COc1ccccc1OCc1nc2cc(C(=O)NCCO)ccc2n1Cc1ccc(Oc2ccccc2)cc1. The summed E-state index contributed by atoms with van der Waals surface area (Å²) in [5.74, 6) is 3.22. The Labute approximate surface area is 226 Å². The standard InChI is InChI=1S/C31H29N3O5/c1-37-28-9-5-6-10-29(28)38-21-30-33-26-19-23(31(36)32-17-18-35)13-16-27(26)34(30)20-22-11-14-25(15-12-22)39-24-7-3-2-4-8-24/h2-16,19,35H,17-18,20-21H2,1H3,(H,32,36). The van der Waals surface area contributed by atoms with Crippen molar-refractivity contribution in [1.82, 2.24) is 14.9 Å². The van der Waals surface area contributed by atoms with Gasteiger partial charge in [-0.25, -0.2) is 4.98 Å². The Morgan fingerprint density at radius 2 is 1.62 bits per heavy atom. The number of methoxy groups -OCH3 is 1. The quantitative estimate of drug-likeness (QED) is 0.248. The van der Waals surface area contributed by atoms with Crippen molar-refractivity contribution in [3.05, 3.63) is 114 Å². The van der Waals surface area contributed by atoms with E-state index in [-0.39, 0.29) is 25.7 Å². The predicted octanol–water partition coefficient (Wildman–Crippen LogP) is 5.19. The number of hydrogen-bond acceptors (Lipinski definition) is 6. The highest BCUT2D eigenvalue weighted by Crippen LogP contribution is 2.28. The second-order valence-corrected chi connectivity index (χ2v) is 8.80. The largest absolute Gasteiger partial charge is 0.493 e. The van der Waals surface area contributed by atoms with Gasteiger partial charge in [0, 0.05) is 18.7 Å². The fourth-order valence-electron chi connectivity index (χ4n) is 4.23. The van der Waals surface area contributed by atoms with Gasteiger partial charge in [0.2, 0.25) is 0 Å². The van der Waals surface area contributed by atoms with Crippen molar-refractivity contribution in [3.63, 3.8) is 0 Å². The van der Waals surface area contributed by atoms with Gasteiger partial charge in [-0.3, -0.25) is 4.79 Å². The van der Waals surface area contributed by atoms with E-state index in [9.17, 15) is 4.79 Å². The highest BCUT2D eigenvalue weighted by Gasteiger charge is 2.16. The zero-order valence-electron chi connectivity index (χ0n) is 21.5. The van der Waals surface area contributed by atoms with Crippen LogP contribution >= 0.6 is 0 Å². The zero-order valence-corrected chi connectivity index (χ0v) is 21.5. The second kappa shape index (κ2) is 12.1. The molecule has 0 bridgehead atoms. The Hall–Kier alpha value is -4.82. The average Bonchev–Trinajstić information content (AvgIpc) is 3.32. The van der Waals surface area contributed by atoms with E-state index in [1.165, 1.54) is 0 Å². The predicted molar refractivity (Wildman–Crippen MR) is 149 cm³/mol. The van der Waals surface area contributed by atoms with E-state index in [2.05, 4.69) is 9.88 Å². The Bertz CT molecular complexity index is 1550. The van der Waals surface area contributed by atoms with Crippen LogP contribution in [0.5, 0.6) is 23.0 Å². The second-order valence-electron chi connectivity index (χ2n) is 8.80. The average molecular weight is 524 g/mol. The summed E-state index contributed by atoms with van der Waals surface area (Å²) in [4.78, 5) is 17.3. The minimum atomic E-state index is -0.263. The molecule has 4 aromatic carbocycles. The molecule has 0 aliphatic heterocycles. The lowest BCUT2D eigenvalue weighted by atomic mass is 10.1. The maximum atomic E-state index is 12.5. The van der Waals surface area contributed by atoms with E-state index in [0.717, 1.165) is 22.6 Å². The van der Waals surface area contributed by atoms with Crippen LogP contribution in [0.3, 0.4) is 0 Å². The smallest absolute Gasteiger partial charge is 0.251 e. The molecule has 0 saturated carbocycles. The number of benzene rings is 4. The molecule has 8 heteroatoms. The lowest BCUT2D eigenvalue weighted by molar-refractivity contribution is 0.0945. The summed E-state index contributed by atoms with van der Waals surface area (Å²) in [7, 11) is 1.60. The van der Waals surface area contributed by atoms with Gasteiger partial charge in [-0.2, -0.15) is 0 Å². The fraction of sp³-hybridized carbons (Fsp3) is 0.161. The lowest BCUT2D eigenvalue weighted by Gasteiger charge is -2.13. The van der Waals surface area contributed by atoms with Crippen molar-refractivity contribution in [2.24, 2.45) is 0 Å². The van der Waals surface area contributed by atoms with Crippen LogP contribution in [0, 0.1) is 0 Å². The van der Waals surface area contributed by atoms with Crippen molar-refractivity contribution in [2.45, 2.75) is 13.2 Å². The minimum absolute atomic E-state index is 0.123. The maximum absolute atomic E-state index is 12.5. The van der Waals surface area contributed by atoms with Crippen LogP contribution in [-0.4, -0.2) is 40.8 Å². The van der Waals surface area contributed by atoms with E-state index >= 15 is 0 Å². The van der Waals surface area contributed by atoms with Gasteiger partial charge in [0.15, 0.2) is 11.5 Å². The van der Waals surface area contributed by atoms with Gasteiger partial charge < -0.3 is 29.2 Å². The van der Waals surface area contributed by atoms with Gasteiger partial charge in [-0.05, 0) is 60.2 Å². The van der Waals surface area contributed by atoms with Gasteiger partial charge in [0.05, 0.1) is 24.8 Å². The molecule has 0 fully saturated rings. The molecule has 0 radical (unpaired) electrons. The number of ether oxygens (including phenoxy) is 3. The van der Waals surface area contributed by atoms with E-state index in [1.807, 2.05) is 84.9 Å². The normalized spacial score (nSPS) is 10.8. The summed E-state index contributed by atoms with van der Waals surface area (Å²) in [5.41, 5.74) is 3.07. The summed E-state index contributed by atoms with van der Waals surface area (Å²) >= 11 is 0. The molecule has 5 rings (SSSR count). The highest BCUT2D eigenvalue weighted by atomic mass is 16.5. The van der Waals surface area contributed by atoms with E-state index in [0.29, 0.717) is 34.9 Å². The molecular weight excluding hydrogens is 494 g/mol. The van der Waals surface area contributed by atoms with Crippen LogP contribution in [0.15, 0.2) is 97.1 Å². The molecule has 198 valence electrons. The first-order chi connectivity index (χ1) is 19.1. The number of rotatable bonds is 11. The molecule has 39 heavy (non-hydrogen) atoms. The number of nitrogens with one attached hydrogen (secondary N) is 1. The van der Waals surface area contributed by atoms with Crippen molar-refractivity contribution in [3.8, 4) is 23.0 Å². The summed E-state index contributed by atoms with van der Waals surface area (Å²) in [6, 6.07) is 30.4. The van der Waals surface area contributed by atoms with Gasteiger partial charge >= 0.3 is 0 Å². The van der Waals surface area contributed by atoms with Crippen LogP contribution < -0.4 is 19.5 Å². The zero-order chi connectivity index (χ0) is 27.0. The van der Waals surface area contributed by atoms with E-state index < -0.39 is 0 Å². The molecule has 0 spiro atoms. The van der Waals surface area contributed by atoms with E-state index in [4.69, 9.17) is 24.3 Å². The van der Waals surface area contributed by atoms with Crippen LogP contribution in [0.25, 0.3) is 11.0 Å². The highest BCUT2D eigenvalue weighted by molar-refractivity contribution is 5.97. The molecule has 0 unspecified atom stereocenters. The number of hydrogen-bond donors (Lipinski definition) is 2. The Kier molecular flexibility index (Phi) is 8.04. The molecule has 5 aromatic rings. The van der Waals surface area contributed by atoms with Crippen molar-refractivity contribution >= 4 is 16.9 Å². The third-order valence-corrected chi connectivity index (χ3v) is 6.16. The Balaban J connectivity index is 1.43. The number of para-hydroxylation sites is 3. The lowest BCUT2D eigenvalue weighted by Crippen LogP contribution is -2.26. The molecule has 0 atom stereocenters. The number of carbonyl (C=O) groups is 1. The maximum Gasteiger partial charge on any atom is 0.251 e. The van der Waals surface area contributed by atoms with E-state index in [1.54, 1.807) is 19.2 Å². The number of aliphatic hydroxyl groups is 1. The van der Waals surface area contributed by atoms with Crippen molar-refractivity contribution in [2.75, 3.05) is 20.3 Å². The van der Waals surface area contributed by atoms with Crippen LogP contribution in [0.2, 0.25) is 0 Å². The molecule has 0 aliphatic carbocycles. The minimum Gasteiger partial charge on any atom is -0.493 e. The van der Waals surface area contributed by atoms with Crippen LogP contribution in [0.4, 0.5) is 0 Å². The molecule has 2 N–H and O–H groups in total. The molecule has 0 saturated heterocycles. The number of amides is 1. The first-order valence-electron chi connectivity index (χ1n) is 12.6. The summed E-state index contributed by atoms with van der Waals surface area (Å²) in [5, 5.41) is 11.7. The third kappa shape index (κ3) is 6.19. The molecule has 1 heterocycles. The van der Waals surface area contributed by atoms with Crippen LogP contribution in [0.1, 0.15) is 21.7 Å². The van der Waals surface area contributed by atoms with Gasteiger partial charge in [0.25, 0.3) is 5.91 Å². The summed E-state index contributed by atoms with van der Waals surface area (Å²) in [6.45, 7) is 0.814. The van der Waals surface area contributed by atoms with Gasteiger partial charge in [-0.1, -0.05) is 42.5 Å². The number of aromatic nitrogens is 2. The number of carbonyl (C=O) groups excluding carboxylic acids is 1. The Morgan fingerprint density at radius 1 is 0.897 bits per heavy atom.